The van der Waals surface area contributed by atoms with Crippen LogP contribution in [0.25, 0.3) is 10.8 Å². The third kappa shape index (κ3) is 4.05. The van der Waals surface area contributed by atoms with Gasteiger partial charge in [0.25, 0.3) is 0 Å². The quantitative estimate of drug-likeness (QED) is 0.281. The van der Waals surface area contributed by atoms with E-state index < -0.39 is 5.97 Å². The van der Waals surface area contributed by atoms with E-state index in [-0.39, 0.29) is 16.9 Å². The van der Waals surface area contributed by atoms with Crippen molar-refractivity contribution in [2.45, 2.75) is 0 Å². The highest BCUT2D eigenvalue weighted by atomic mass is 16.4. The summed E-state index contributed by atoms with van der Waals surface area (Å²) in [6, 6.07) is 37.9. The number of carboxylic acids is 1. The highest BCUT2D eigenvalue weighted by molar-refractivity contribution is 6.16. The van der Waals surface area contributed by atoms with Gasteiger partial charge in [0.15, 0.2) is 5.78 Å². The molecule has 5 rings (SSSR count). The zero-order chi connectivity index (χ0) is 23.5. The number of carbonyl (C=O) groups is 2. The molecule has 1 N–H and O–H groups in total. The lowest BCUT2D eigenvalue weighted by Crippen LogP contribution is -2.12. The van der Waals surface area contributed by atoms with Crippen LogP contribution in [0.1, 0.15) is 26.3 Å². The van der Waals surface area contributed by atoms with Crippen LogP contribution in [0.15, 0.2) is 121 Å². The van der Waals surface area contributed by atoms with Gasteiger partial charge in [0.1, 0.15) is 0 Å². The predicted octanol–water partition coefficient (Wildman–Crippen LogP) is 7.24. The van der Waals surface area contributed by atoms with E-state index in [1.54, 1.807) is 24.3 Å². The summed E-state index contributed by atoms with van der Waals surface area (Å²) in [5.74, 6) is -1.44. The Kier molecular flexibility index (Phi) is 5.63. The lowest BCUT2D eigenvalue weighted by molar-refractivity contribution is 0.0693. The van der Waals surface area contributed by atoms with Gasteiger partial charge < -0.3 is 10.0 Å². The molecule has 0 heterocycles. The molecule has 0 aliphatic heterocycles. The molecule has 0 aliphatic carbocycles. The molecule has 4 nitrogen and oxygen atoms in total. The first-order valence-corrected chi connectivity index (χ1v) is 10.9. The lowest BCUT2D eigenvalue weighted by Gasteiger charge is -2.25. The first kappa shape index (κ1) is 21.2. The van der Waals surface area contributed by atoms with Crippen LogP contribution in [-0.4, -0.2) is 16.9 Å². The molecule has 0 aliphatic rings. The van der Waals surface area contributed by atoms with Crippen LogP contribution in [-0.2, 0) is 0 Å². The fraction of sp³-hybridized carbons (Fsp3) is 0. The first-order valence-electron chi connectivity index (χ1n) is 10.9. The van der Waals surface area contributed by atoms with Crippen LogP contribution in [0.4, 0.5) is 17.1 Å². The van der Waals surface area contributed by atoms with Gasteiger partial charge in [-0.25, -0.2) is 4.79 Å². The fourth-order valence-electron chi connectivity index (χ4n) is 4.12. The Morgan fingerprint density at radius 1 is 0.529 bits per heavy atom. The monoisotopic (exact) mass is 443 g/mol. The molecule has 0 aromatic heterocycles. The molecule has 0 radical (unpaired) electrons. The molecule has 0 atom stereocenters. The van der Waals surface area contributed by atoms with Crippen LogP contribution in [0, 0.1) is 0 Å². The maximum absolute atomic E-state index is 13.4. The topological polar surface area (TPSA) is 57.6 Å². The molecule has 0 saturated carbocycles. The number of aromatic carboxylic acids is 1. The summed E-state index contributed by atoms with van der Waals surface area (Å²) in [4.78, 5) is 27.4. The van der Waals surface area contributed by atoms with E-state index in [0.717, 1.165) is 27.8 Å². The number of fused-ring (bicyclic) bond motifs is 1. The number of carboxylic acid groups (broad SMARTS) is 1. The number of anilines is 3. The molecule has 0 bridgehead atoms. The van der Waals surface area contributed by atoms with Crippen molar-refractivity contribution in [2.24, 2.45) is 0 Å². The van der Waals surface area contributed by atoms with Gasteiger partial charge in [-0.2, -0.15) is 0 Å². The van der Waals surface area contributed by atoms with Gasteiger partial charge in [-0.15, -0.1) is 0 Å². The third-order valence-corrected chi connectivity index (χ3v) is 5.78. The third-order valence-electron chi connectivity index (χ3n) is 5.78. The second kappa shape index (κ2) is 9.04. The minimum atomic E-state index is -1.12. The van der Waals surface area contributed by atoms with Crippen molar-refractivity contribution in [1.82, 2.24) is 0 Å². The summed E-state index contributed by atoms with van der Waals surface area (Å²) in [6.07, 6.45) is 0. The molecule has 0 fully saturated rings. The van der Waals surface area contributed by atoms with Crippen molar-refractivity contribution in [2.75, 3.05) is 4.90 Å². The van der Waals surface area contributed by atoms with Crippen molar-refractivity contribution in [1.29, 1.82) is 0 Å². The van der Waals surface area contributed by atoms with E-state index in [2.05, 4.69) is 4.90 Å². The summed E-state index contributed by atoms with van der Waals surface area (Å²) in [5, 5.41) is 11.3. The Balaban J connectivity index is 1.55. The SMILES string of the molecule is O=C(O)c1cc2ccccc2cc1C(=O)c1ccc(N(c2ccccc2)c2ccccc2)cc1. The second-order valence-corrected chi connectivity index (χ2v) is 7.93. The highest BCUT2D eigenvalue weighted by Crippen LogP contribution is 2.34. The molecule has 0 saturated heterocycles. The van der Waals surface area contributed by atoms with Gasteiger partial charge in [0, 0.05) is 28.2 Å². The number of rotatable bonds is 6. The van der Waals surface area contributed by atoms with Gasteiger partial charge in [0.2, 0.25) is 0 Å². The van der Waals surface area contributed by atoms with E-state index in [0.29, 0.717) is 5.56 Å². The minimum absolute atomic E-state index is 0.00275. The van der Waals surface area contributed by atoms with Crippen molar-refractivity contribution in [3.63, 3.8) is 0 Å². The van der Waals surface area contributed by atoms with Crippen molar-refractivity contribution < 1.29 is 14.7 Å². The summed E-state index contributed by atoms with van der Waals surface area (Å²) < 4.78 is 0. The molecule has 0 unspecified atom stereocenters. The molecule has 164 valence electrons. The van der Waals surface area contributed by atoms with Gasteiger partial charge >= 0.3 is 5.97 Å². The molecule has 5 aromatic carbocycles. The summed E-state index contributed by atoms with van der Waals surface area (Å²) in [6.45, 7) is 0. The molecule has 34 heavy (non-hydrogen) atoms. The van der Waals surface area contributed by atoms with E-state index in [1.165, 1.54) is 0 Å². The number of nitrogens with zero attached hydrogens (tertiary/aromatic N) is 1. The van der Waals surface area contributed by atoms with E-state index >= 15 is 0 Å². The molecule has 5 aromatic rings. The molecule has 4 heteroatoms. The van der Waals surface area contributed by atoms with Crippen LogP contribution in [0.3, 0.4) is 0 Å². The summed E-state index contributed by atoms with van der Waals surface area (Å²) >= 11 is 0. The van der Waals surface area contributed by atoms with Crippen LogP contribution in [0.2, 0.25) is 0 Å². The van der Waals surface area contributed by atoms with Crippen LogP contribution in [0.5, 0.6) is 0 Å². The zero-order valence-electron chi connectivity index (χ0n) is 18.3. The Labute approximate surface area is 197 Å². The number of carbonyl (C=O) groups excluding carboxylic acids is 1. The zero-order valence-corrected chi connectivity index (χ0v) is 18.3. The Morgan fingerprint density at radius 2 is 0.971 bits per heavy atom. The largest absolute Gasteiger partial charge is 0.478 e. The van der Waals surface area contributed by atoms with Crippen molar-refractivity contribution in [3.05, 3.63) is 138 Å². The first-order chi connectivity index (χ1) is 16.6. The van der Waals surface area contributed by atoms with Gasteiger partial charge in [-0.1, -0.05) is 60.7 Å². The van der Waals surface area contributed by atoms with Gasteiger partial charge in [-0.3, -0.25) is 4.79 Å². The number of ketones is 1. The number of hydrogen-bond donors (Lipinski definition) is 1. The molecule has 0 amide bonds. The summed E-state index contributed by atoms with van der Waals surface area (Å²) in [5.41, 5.74) is 3.50. The lowest BCUT2D eigenvalue weighted by atomic mass is 9.94. The van der Waals surface area contributed by atoms with Gasteiger partial charge in [0.05, 0.1) is 5.56 Å². The predicted molar refractivity (Wildman–Crippen MR) is 135 cm³/mol. The standard InChI is InChI=1S/C30H21NO3/c32-29(27-19-22-9-7-8-10-23(22)20-28(27)30(33)34)21-15-17-26(18-16-21)31(24-11-3-1-4-12-24)25-13-5-2-6-14-25/h1-20H,(H,33,34). The summed E-state index contributed by atoms with van der Waals surface area (Å²) in [7, 11) is 0. The maximum Gasteiger partial charge on any atom is 0.336 e. The van der Waals surface area contributed by atoms with Crippen molar-refractivity contribution in [3.8, 4) is 0 Å². The van der Waals surface area contributed by atoms with Crippen LogP contribution >= 0.6 is 0 Å². The normalized spacial score (nSPS) is 10.7. The average Bonchev–Trinajstić information content (AvgIpc) is 2.89. The van der Waals surface area contributed by atoms with Crippen LogP contribution < -0.4 is 4.90 Å². The second-order valence-electron chi connectivity index (χ2n) is 7.93. The Morgan fingerprint density at radius 3 is 1.47 bits per heavy atom. The van der Waals surface area contributed by atoms with E-state index in [1.807, 2.05) is 97.1 Å². The average molecular weight is 444 g/mol. The Bertz CT molecular complexity index is 1440. The number of hydrogen-bond acceptors (Lipinski definition) is 3. The molecule has 0 spiro atoms. The fourth-order valence-corrected chi connectivity index (χ4v) is 4.12. The van der Waals surface area contributed by atoms with E-state index in [9.17, 15) is 14.7 Å². The van der Waals surface area contributed by atoms with Gasteiger partial charge in [-0.05, 0) is 71.4 Å². The van der Waals surface area contributed by atoms with Crippen molar-refractivity contribution >= 4 is 39.6 Å². The number of para-hydroxylation sites is 2. The maximum atomic E-state index is 13.4. The molecular formula is C30H21NO3. The number of benzene rings is 5. The smallest absolute Gasteiger partial charge is 0.336 e. The minimum Gasteiger partial charge on any atom is -0.478 e. The molecular weight excluding hydrogens is 422 g/mol. The highest BCUT2D eigenvalue weighted by Gasteiger charge is 2.20. The van der Waals surface area contributed by atoms with E-state index in [4.69, 9.17) is 0 Å². The Hall–Kier alpha value is -4.70.